The fourth-order valence-electron chi connectivity index (χ4n) is 8.90. The van der Waals surface area contributed by atoms with E-state index in [2.05, 4.69) is 40.7 Å². The van der Waals surface area contributed by atoms with Crippen molar-refractivity contribution in [2.24, 2.45) is 46.3 Å². The molecule has 0 saturated heterocycles. The zero-order chi connectivity index (χ0) is 23.3. The van der Waals surface area contributed by atoms with Gasteiger partial charge in [0.25, 0.3) is 0 Å². The molecule has 0 unspecified atom stereocenters. The monoisotopic (exact) mass is 504 g/mol. The number of fused-ring (bicyclic) bond motifs is 5. The van der Waals surface area contributed by atoms with E-state index in [1.165, 1.54) is 50.5 Å². The van der Waals surface area contributed by atoms with Crippen LogP contribution < -0.4 is 51.4 Å². The van der Waals surface area contributed by atoms with Crippen LogP contribution in [0.3, 0.4) is 0 Å². The van der Waals surface area contributed by atoms with Gasteiger partial charge < -0.3 is 4.55 Å². The van der Waals surface area contributed by atoms with Crippen LogP contribution in [0.4, 0.5) is 0 Å². The summed E-state index contributed by atoms with van der Waals surface area (Å²) >= 11 is 0. The molecule has 33 heavy (non-hydrogen) atoms. The minimum Gasteiger partial charge on any atom is -0.726 e. The Balaban J connectivity index is 0.00000306. The molecule has 8 atom stereocenters. The third-order valence-corrected chi connectivity index (χ3v) is 11.0. The zero-order valence-corrected chi connectivity index (χ0v) is 25.9. The molecule has 184 valence electrons. The van der Waals surface area contributed by atoms with Gasteiger partial charge in [0.2, 0.25) is 10.4 Å². The van der Waals surface area contributed by atoms with E-state index in [0.29, 0.717) is 24.2 Å². The van der Waals surface area contributed by atoms with Crippen LogP contribution in [-0.2, 0) is 14.6 Å². The minimum atomic E-state index is -4.63. The molecular weight excluding hydrogens is 459 g/mol. The standard InChI is InChI=1S/C27H46O4S.K/c1-18(2)7-6-8-19(3)23-11-12-24-22-10-9-20-17-21(31-32(28,29)30)13-15-26(20,4)25(22)14-16-27(23,24)5;/h9,18-19,21-25H,6-8,10-17H2,1-5H3,(H,28,29,30);/q;+1/p-1/t19-,21+,22+,23-,24+,25+,26+,27-;/m1./s1. The van der Waals surface area contributed by atoms with E-state index in [1.54, 1.807) is 0 Å². The van der Waals surface area contributed by atoms with Crippen molar-refractivity contribution in [2.75, 3.05) is 0 Å². The van der Waals surface area contributed by atoms with Crippen molar-refractivity contribution in [3.8, 4) is 0 Å². The van der Waals surface area contributed by atoms with Crippen molar-refractivity contribution in [1.29, 1.82) is 0 Å². The summed E-state index contributed by atoms with van der Waals surface area (Å²) in [7, 11) is -4.63. The van der Waals surface area contributed by atoms with E-state index in [0.717, 1.165) is 42.4 Å². The number of rotatable bonds is 7. The average molecular weight is 505 g/mol. The molecule has 0 bridgehead atoms. The summed E-state index contributed by atoms with van der Waals surface area (Å²) in [5, 5.41) is 0. The molecule has 0 radical (unpaired) electrons. The molecule has 0 aromatic carbocycles. The largest absolute Gasteiger partial charge is 1.00 e. The molecule has 0 spiro atoms. The zero-order valence-electron chi connectivity index (χ0n) is 21.9. The molecule has 3 saturated carbocycles. The second kappa shape index (κ2) is 10.9. The molecule has 0 amide bonds. The van der Waals surface area contributed by atoms with Crippen molar-refractivity contribution in [3.05, 3.63) is 11.6 Å². The summed E-state index contributed by atoms with van der Waals surface area (Å²) in [6, 6.07) is 0. The predicted molar refractivity (Wildman–Crippen MR) is 128 cm³/mol. The van der Waals surface area contributed by atoms with Crippen LogP contribution in [0.15, 0.2) is 11.6 Å². The van der Waals surface area contributed by atoms with Crippen molar-refractivity contribution in [2.45, 2.75) is 111 Å². The van der Waals surface area contributed by atoms with Gasteiger partial charge in [-0.3, -0.25) is 4.18 Å². The minimum absolute atomic E-state index is 0. The van der Waals surface area contributed by atoms with Gasteiger partial charge in [-0.2, -0.15) is 0 Å². The second-order valence-corrected chi connectivity index (χ2v) is 13.7. The quantitative estimate of drug-likeness (QED) is 0.228. The number of hydrogen-bond acceptors (Lipinski definition) is 4. The van der Waals surface area contributed by atoms with E-state index in [1.807, 2.05) is 0 Å². The van der Waals surface area contributed by atoms with Crippen LogP contribution in [0.25, 0.3) is 0 Å². The Labute approximate surface area is 245 Å². The fraction of sp³-hybridized carbons (Fsp3) is 0.926. The Hall–Kier alpha value is 1.25. The van der Waals surface area contributed by atoms with E-state index in [4.69, 9.17) is 4.18 Å². The summed E-state index contributed by atoms with van der Waals surface area (Å²) < 4.78 is 38.2. The molecule has 0 aromatic heterocycles. The van der Waals surface area contributed by atoms with Gasteiger partial charge in [-0.1, -0.05) is 65.5 Å². The Kier molecular flexibility index (Phi) is 9.54. The van der Waals surface area contributed by atoms with Crippen LogP contribution in [-0.4, -0.2) is 19.1 Å². The Bertz CT molecular complexity index is 824. The van der Waals surface area contributed by atoms with Gasteiger partial charge in [0.1, 0.15) is 0 Å². The maximum absolute atomic E-state index is 11.1. The third-order valence-electron chi connectivity index (χ3n) is 10.5. The van der Waals surface area contributed by atoms with Gasteiger partial charge in [-0.15, -0.1) is 0 Å². The SMILES string of the molecule is CC(C)CCC[C@@H](C)[C@H]1CC[C@H]2[C@@H]3CC=C4C[C@@H](OS(=O)(=O)[O-])CC[C@]4(C)[C@H]3CC[C@]12C.[K+]. The van der Waals surface area contributed by atoms with E-state index in [9.17, 15) is 13.0 Å². The first kappa shape index (κ1) is 28.8. The summed E-state index contributed by atoms with van der Waals surface area (Å²) in [6.07, 6.45) is 14.8. The van der Waals surface area contributed by atoms with Crippen LogP contribution in [0, 0.1) is 46.3 Å². The number of allylic oxidation sites excluding steroid dienone is 1. The molecule has 4 rings (SSSR count). The first-order chi connectivity index (χ1) is 14.9. The Morgan fingerprint density at radius 3 is 2.45 bits per heavy atom. The first-order valence-corrected chi connectivity index (χ1v) is 14.6. The summed E-state index contributed by atoms with van der Waals surface area (Å²) in [5.41, 5.74) is 1.99. The molecule has 3 fully saturated rings. The maximum atomic E-state index is 11.1. The molecule has 4 aliphatic carbocycles. The molecule has 4 nitrogen and oxygen atoms in total. The Morgan fingerprint density at radius 2 is 1.79 bits per heavy atom. The molecule has 0 aromatic rings. The van der Waals surface area contributed by atoms with Crippen molar-refractivity contribution < 1.29 is 68.5 Å². The first-order valence-electron chi connectivity index (χ1n) is 13.3. The maximum Gasteiger partial charge on any atom is 1.00 e. The van der Waals surface area contributed by atoms with Gasteiger partial charge in [-0.25, -0.2) is 8.42 Å². The van der Waals surface area contributed by atoms with E-state index in [-0.39, 0.29) is 56.8 Å². The normalized spacial score (nSPS) is 41.4. The van der Waals surface area contributed by atoms with Gasteiger partial charge in [0.05, 0.1) is 6.10 Å². The van der Waals surface area contributed by atoms with Crippen molar-refractivity contribution in [1.82, 2.24) is 0 Å². The summed E-state index contributed by atoms with van der Waals surface area (Å²) in [4.78, 5) is 0. The molecule has 4 aliphatic rings. The van der Waals surface area contributed by atoms with Crippen LogP contribution in [0.1, 0.15) is 105 Å². The van der Waals surface area contributed by atoms with Gasteiger partial charge >= 0.3 is 51.4 Å². The van der Waals surface area contributed by atoms with E-state index < -0.39 is 16.5 Å². The molecule has 6 heteroatoms. The molecule has 0 heterocycles. The summed E-state index contributed by atoms with van der Waals surface area (Å²) in [6.45, 7) is 12.2. The number of hydrogen-bond donors (Lipinski definition) is 0. The van der Waals surface area contributed by atoms with Gasteiger partial charge in [0, 0.05) is 0 Å². The topological polar surface area (TPSA) is 66.4 Å². The second-order valence-electron chi connectivity index (χ2n) is 12.7. The molecule has 0 aliphatic heterocycles. The average Bonchev–Trinajstić information content (AvgIpc) is 3.04. The molecule has 0 N–H and O–H groups in total. The van der Waals surface area contributed by atoms with Crippen LogP contribution in [0.5, 0.6) is 0 Å². The predicted octanol–water partition coefficient (Wildman–Crippen LogP) is 3.88. The summed E-state index contributed by atoms with van der Waals surface area (Å²) in [5.74, 6) is 4.78. The van der Waals surface area contributed by atoms with Crippen molar-refractivity contribution >= 4 is 10.4 Å². The van der Waals surface area contributed by atoms with Crippen LogP contribution in [0.2, 0.25) is 0 Å². The van der Waals surface area contributed by atoms with Crippen molar-refractivity contribution in [3.63, 3.8) is 0 Å². The fourth-order valence-corrected chi connectivity index (χ4v) is 9.40. The van der Waals surface area contributed by atoms with Gasteiger partial charge in [0.15, 0.2) is 0 Å². The van der Waals surface area contributed by atoms with Crippen LogP contribution >= 0.6 is 0 Å². The smallest absolute Gasteiger partial charge is 0.726 e. The van der Waals surface area contributed by atoms with Gasteiger partial charge in [-0.05, 0) is 97.7 Å². The third kappa shape index (κ3) is 5.89. The molecular formula is C27H45KO4S. The Morgan fingerprint density at radius 1 is 1.06 bits per heavy atom. The van der Waals surface area contributed by atoms with E-state index >= 15 is 0 Å².